The van der Waals surface area contributed by atoms with Gasteiger partial charge in [-0.3, -0.25) is 0 Å². The lowest BCUT2D eigenvalue weighted by molar-refractivity contribution is 0.281. The van der Waals surface area contributed by atoms with Crippen LogP contribution in [-0.2, 0) is 6.54 Å². The molecule has 0 amide bonds. The van der Waals surface area contributed by atoms with Gasteiger partial charge in [0, 0.05) is 13.6 Å². The Bertz CT molecular complexity index is 618. The monoisotopic (exact) mass is 445 g/mol. The summed E-state index contributed by atoms with van der Waals surface area (Å²) >= 11 is 0. The van der Waals surface area contributed by atoms with E-state index in [2.05, 4.69) is 20.4 Å². The summed E-state index contributed by atoms with van der Waals surface area (Å²) in [6.45, 7) is 6.24. The van der Waals surface area contributed by atoms with E-state index in [1.54, 1.807) is 6.92 Å². The molecule has 7 nitrogen and oxygen atoms in total. The number of hydrogen-bond donors (Lipinski definition) is 1. The maximum atomic E-state index is 5.71. The molecule has 0 radical (unpaired) electrons. The molecule has 0 aliphatic rings. The summed E-state index contributed by atoms with van der Waals surface area (Å²) < 4.78 is 10.8. The van der Waals surface area contributed by atoms with E-state index in [1.807, 2.05) is 49.2 Å². The first kappa shape index (κ1) is 20.2. The Kier molecular flexibility index (Phi) is 9.13. The smallest absolute Gasteiger partial charge is 0.248 e. The molecule has 0 atom stereocenters. The SMILES string of the molecule is CCNC(=NCc1nc(C)no1)N(C)CCOc1ccccc1.I. The molecule has 1 aromatic heterocycles. The maximum Gasteiger partial charge on any atom is 0.248 e. The number of nitrogens with one attached hydrogen (secondary N) is 1. The third kappa shape index (κ3) is 6.73. The predicted octanol–water partition coefficient (Wildman–Crippen LogP) is 2.47. The molecule has 0 spiro atoms. The average Bonchev–Trinajstić information content (AvgIpc) is 2.98. The van der Waals surface area contributed by atoms with Gasteiger partial charge in [-0.15, -0.1) is 24.0 Å². The van der Waals surface area contributed by atoms with Crippen LogP contribution in [0.4, 0.5) is 0 Å². The summed E-state index contributed by atoms with van der Waals surface area (Å²) in [5, 5.41) is 7.00. The van der Waals surface area contributed by atoms with Gasteiger partial charge in [0.05, 0.1) is 6.54 Å². The summed E-state index contributed by atoms with van der Waals surface area (Å²) in [4.78, 5) is 10.7. The molecule has 0 aliphatic heterocycles. The highest BCUT2D eigenvalue weighted by Gasteiger charge is 2.07. The van der Waals surface area contributed by atoms with Crippen LogP contribution < -0.4 is 10.1 Å². The van der Waals surface area contributed by atoms with Crippen LogP contribution in [0, 0.1) is 6.92 Å². The van der Waals surface area contributed by atoms with Crippen LogP contribution in [0.15, 0.2) is 39.8 Å². The number of benzene rings is 1. The highest BCUT2D eigenvalue weighted by molar-refractivity contribution is 14.0. The van der Waals surface area contributed by atoms with Gasteiger partial charge in [-0.2, -0.15) is 4.98 Å². The molecule has 24 heavy (non-hydrogen) atoms. The highest BCUT2D eigenvalue weighted by Crippen LogP contribution is 2.07. The number of ether oxygens (including phenoxy) is 1. The number of rotatable bonds is 7. The van der Waals surface area contributed by atoms with Gasteiger partial charge < -0.3 is 19.5 Å². The van der Waals surface area contributed by atoms with Crippen molar-refractivity contribution in [2.24, 2.45) is 4.99 Å². The van der Waals surface area contributed by atoms with E-state index in [1.165, 1.54) is 0 Å². The summed E-state index contributed by atoms with van der Waals surface area (Å²) in [7, 11) is 1.97. The van der Waals surface area contributed by atoms with Crippen LogP contribution in [0.1, 0.15) is 18.6 Å². The van der Waals surface area contributed by atoms with Crippen LogP contribution >= 0.6 is 24.0 Å². The minimum Gasteiger partial charge on any atom is -0.492 e. The first-order valence-corrected chi connectivity index (χ1v) is 7.65. The number of aliphatic imine (C=N–C) groups is 1. The molecule has 2 aromatic rings. The molecule has 0 fully saturated rings. The number of hydrogen-bond acceptors (Lipinski definition) is 5. The third-order valence-corrected chi connectivity index (χ3v) is 3.07. The number of aryl methyl sites for hydroxylation is 1. The van der Waals surface area contributed by atoms with Gasteiger partial charge in [0.15, 0.2) is 11.8 Å². The largest absolute Gasteiger partial charge is 0.492 e. The number of aromatic nitrogens is 2. The van der Waals surface area contributed by atoms with E-state index in [4.69, 9.17) is 9.26 Å². The molecule has 2 rings (SSSR count). The van der Waals surface area contributed by atoms with Crippen molar-refractivity contribution in [1.29, 1.82) is 0 Å². The topological polar surface area (TPSA) is 75.8 Å². The lowest BCUT2D eigenvalue weighted by Gasteiger charge is -2.21. The van der Waals surface area contributed by atoms with Gasteiger partial charge in [0.2, 0.25) is 5.89 Å². The van der Waals surface area contributed by atoms with Gasteiger partial charge in [-0.1, -0.05) is 23.4 Å². The van der Waals surface area contributed by atoms with Crippen LogP contribution in [0.5, 0.6) is 5.75 Å². The molecule has 0 saturated heterocycles. The molecule has 8 heteroatoms. The number of nitrogens with zero attached hydrogens (tertiary/aromatic N) is 4. The van der Waals surface area contributed by atoms with E-state index in [0.717, 1.165) is 18.3 Å². The van der Waals surface area contributed by atoms with Crippen molar-refractivity contribution in [3.8, 4) is 5.75 Å². The summed E-state index contributed by atoms with van der Waals surface area (Å²) in [6.07, 6.45) is 0. The lowest BCUT2D eigenvalue weighted by atomic mass is 10.3. The van der Waals surface area contributed by atoms with Crippen molar-refractivity contribution < 1.29 is 9.26 Å². The van der Waals surface area contributed by atoms with Crippen molar-refractivity contribution in [2.75, 3.05) is 26.7 Å². The van der Waals surface area contributed by atoms with E-state index in [0.29, 0.717) is 31.4 Å². The molecule has 1 aromatic carbocycles. The Balaban J connectivity index is 0.00000288. The quantitative estimate of drug-likeness (QED) is 0.401. The number of likely N-dealkylation sites (N-methyl/N-ethyl adjacent to an activating group) is 1. The van der Waals surface area contributed by atoms with Crippen molar-refractivity contribution in [1.82, 2.24) is 20.4 Å². The minimum atomic E-state index is 0. The Morgan fingerprint density at radius 1 is 1.33 bits per heavy atom. The summed E-state index contributed by atoms with van der Waals surface area (Å²) in [6, 6.07) is 9.76. The van der Waals surface area contributed by atoms with Crippen LogP contribution in [0.3, 0.4) is 0 Å². The summed E-state index contributed by atoms with van der Waals surface area (Å²) in [5.74, 6) is 2.76. The molecule has 0 unspecified atom stereocenters. The van der Waals surface area contributed by atoms with Crippen molar-refractivity contribution in [3.05, 3.63) is 42.0 Å². The van der Waals surface area contributed by atoms with E-state index >= 15 is 0 Å². The highest BCUT2D eigenvalue weighted by atomic mass is 127. The van der Waals surface area contributed by atoms with Crippen LogP contribution in [0.2, 0.25) is 0 Å². The molecule has 1 heterocycles. The molecule has 1 N–H and O–H groups in total. The Labute approximate surface area is 159 Å². The molecular weight excluding hydrogens is 421 g/mol. The van der Waals surface area contributed by atoms with E-state index < -0.39 is 0 Å². The number of guanidine groups is 1. The van der Waals surface area contributed by atoms with Crippen molar-refractivity contribution >= 4 is 29.9 Å². The van der Waals surface area contributed by atoms with Gasteiger partial charge >= 0.3 is 0 Å². The van der Waals surface area contributed by atoms with Gasteiger partial charge in [0.25, 0.3) is 0 Å². The molecule has 0 aliphatic carbocycles. The van der Waals surface area contributed by atoms with E-state index in [-0.39, 0.29) is 24.0 Å². The normalized spacial score (nSPS) is 10.9. The summed E-state index contributed by atoms with van der Waals surface area (Å²) in [5.41, 5.74) is 0. The third-order valence-electron chi connectivity index (χ3n) is 3.07. The molecular formula is C16H24IN5O2. The molecule has 0 bridgehead atoms. The second kappa shape index (κ2) is 10.8. The zero-order valence-electron chi connectivity index (χ0n) is 14.2. The molecule has 132 valence electrons. The van der Waals surface area contributed by atoms with Crippen molar-refractivity contribution in [2.45, 2.75) is 20.4 Å². The fraction of sp³-hybridized carbons (Fsp3) is 0.438. The molecule has 0 saturated carbocycles. The lowest BCUT2D eigenvalue weighted by Crippen LogP contribution is -2.40. The fourth-order valence-electron chi connectivity index (χ4n) is 1.94. The Hall–Kier alpha value is -1.84. The Morgan fingerprint density at radius 3 is 2.71 bits per heavy atom. The zero-order chi connectivity index (χ0) is 16.5. The first-order valence-electron chi connectivity index (χ1n) is 7.65. The van der Waals surface area contributed by atoms with E-state index in [9.17, 15) is 0 Å². The maximum absolute atomic E-state index is 5.71. The average molecular weight is 445 g/mol. The van der Waals surface area contributed by atoms with Crippen LogP contribution in [-0.4, -0.2) is 47.7 Å². The second-order valence-corrected chi connectivity index (χ2v) is 4.99. The Morgan fingerprint density at radius 2 is 2.08 bits per heavy atom. The first-order chi connectivity index (χ1) is 11.2. The second-order valence-electron chi connectivity index (χ2n) is 4.99. The minimum absolute atomic E-state index is 0. The van der Waals surface area contributed by atoms with Crippen LogP contribution in [0.25, 0.3) is 0 Å². The zero-order valence-corrected chi connectivity index (χ0v) is 16.6. The van der Waals surface area contributed by atoms with Crippen molar-refractivity contribution in [3.63, 3.8) is 0 Å². The standard InChI is InChI=1S/C16H23N5O2.HI/c1-4-17-16(18-12-15-19-13(2)20-23-15)21(3)10-11-22-14-8-6-5-7-9-14;/h5-9H,4,10-12H2,1-3H3,(H,17,18);1H. The van der Waals surface area contributed by atoms with Gasteiger partial charge in [-0.25, -0.2) is 4.99 Å². The predicted molar refractivity (Wildman–Crippen MR) is 104 cm³/mol. The van der Waals surface area contributed by atoms with Gasteiger partial charge in [0.1, 0.15) is 18.9 Å². The number of para-hydroxylation sites is 1. The number of halogens is 1. The van der Waals surface area contributed by atoms with Gasteiger partial charge in [-0.05, 0) is 26.0 Å². The fourth-order valence-corrected chi connectivity index (χ4v) is 1.94.